The molecule has 1 fully saturated rings. The number of H-pyrrole nitrogens is 1. The number of imidazole rings is 1. The van der Waals surface area contributed by atoms with Crippen molar-refractivity contribution in [3.8, 4) is 0 Å². The number of carbonyl (C=O) groups is 1. The Kier molecular flexibility index (Phi) is 8.97. The second kappa shape index (κ2) is 11.4. The molecule has 4 rings (SSSR count). The highest BCUT2D eigenvalue weighted by molar-refractivity contribution is 7.66. The van der Waals surface area contributed by atoms with E-state index in [9.17, 15) is 43.4 Å². The number of ether oxygens (including phenoxy) is 1. The Hall–Kier alpha value is -2.39. The van der Waals surface area contributed by atoms with E-state index in [0.29, 0.717) is 6.41 Å². The van der Waals surface area contributed by atoms with E-state index in [-0.39, 0.29) is 22.8 Å². The number of nitrogens with zero attached hydrogens (tertiary/aromatic N) is 5. The monoisotopic (exact) mass is 689 g/mol. The number of nitrogen functional groups attached to an aromatic ring is 1. The zero-order valence-corrected chi connectivity index (χ0v) is 25.9. The number of aromatic amines is 1. The van der Waals surface area contributed by atoms with Gasteiger partial charge in [0.25, 0.3) is 5.56 Å². The number of aliphatic hydroxyl groups is 1. The first-order valence-electron chi connectivity index (χ1n) is 12.3. The number of phosphoric ester groups is 1. The Labute approximate surface area is 247 Å². The molecule has 0 spiro atoms. The van der Waals surface area contributed by atoms with Crippen molar-refractivity contribution in [2.45, 2.75) is 63.3 Å². The van der Waals surface area contributed by atoms with Crippen LogP contribution in [0.1, 0.15) is 33.9 Å². The van der Waals surface area contributed by atoms with E-state index in [1.165, 1.54) is 6.08 Å². The molecule has 246 valence electrons. The minimum atomic E-state index is -5.86. The molecule has 1 amide bonds. The number of hydroxylamine groups is 2. The number of anilines is 1. The first kappa shape index (κ1) is 34.5. The predicted molar refractivity (Wildman–Crippen MR) is 144 cm³/mol. The Bertz CT molecular complexity index is 1690. The number of hydrogen-bond donors (Lipinski definition) is 8. The van der Waals surface area contributed by atoms with Gasteiger partial charge < -0.3 is 45.3 Å². The summed E-state index contributed by atoms with van der Waals surface area (Å²) in [5.41, 5.74) is 2.46. The number of hydrogen-bond acceptors (Lipinski definition) is 15. The number of fused-ring (bicyclic) bond motifs is 1. The first-order valence-corrected chi connectivity index (χ1v) is 16.8. The summed E-state index contributed by atoms with van der Waals surface area (Å²) in [6, 6.07) is -1.49. The van der Waals surface area contributed by atoms with Crippen LogP contribution in [0, 0.1) is 0 Å². The molecule has 0 saturated carbocycles. The topological polar surface area (TPSA) is 323 Å². The third-order valence-corrected chi connectivity index (χ3v) is 10.6. The van der Waals surface area contributed by atoms with E-state index in [0.717, 1.165) is 20.9 Å². The van der Waals surface area contributed by atoms with E-state index in [1.807, 2.05) is 0 Å². The van der Waals surface area contributed by atoms with Gasteiger partial charge in [0.2, 0.25) is 12.4 Å². The van der Waals surface area contributed by atoms with Gasteiger partial charge in [-0.2, -0.15) is 18.7 Å². The molecular formula is C19H30N7O15P3. The summed E-state index contributed by atoms with van der Waals surface area (Å²) < 4.78 is 54.4. The minimum Gasteiger partial charge on any atom is -0.386 e. The Morgan fingerprint density at radius 2 is 1.80 bits per heavy atom. The van der Waals surface area contributed by atoms with Gasteiger partial charge in [-0.05, 0) is 33.8 Å². The van der Waals surface area contributed by atoms with Gasteiger partial charge in [0.15, 0.2) is 17.4 Å². The van der Waals surface area contributed by atoms with E-state index >= 15 is 0 Å². The molecule has 6 atom stereocenters. The number of rotatable bonds is 11. The van der Waals surface area contributed by atoms with Crippen LogP contribution >= 0.6 is 23.5 Å². The average molecular weight is 689 g/mol. The summed E-state index contributed by atoms with van der Waals surface area (Å²) in [6.07, 6.45) is -1.93. The third-order valence-electron chi connectivity index (χ3n) is 6.78. The van der Waals surface area contributed by atoms with Crippen LogP contribution in [0.5, 0.6) is 0 Å². The van der Waals surface area contributed by atoms with Crippen LogP contribution in [0.15, 0.2) is 22.9 Å². The number of aromatic nitrogens is 4. The molecule has 0 aliphatic carbocycles. The Morgan fingerprint density at radius 3 is 2.34 bits per heavy atom. The van der Waals surface area contributed by atoms with Crippen LogP contribution < -0.4 is 11.3 Å². The Balaban J connectivity index is 1.73. The molecule has 2 aromatic heterocycles. The number of nitrogens with two attached hydrogens (primary N) is 1. The lowest BCUT2D eigenvalue weighted by molar-refractivity contribution is -0.189. The van der Waals surface area contributed by atoms with Crippen LogP contribution in [0.2, 0.25) is 0 Å². The second-order valence-electron chi connectivity index (χ2n) is 10.8. The summed E-state index contributed by atoms with van der Waals surface area (Å²) >= 11 is 0. The molecule has 1 saturated heterocycles. The molecule has 0 radical (unpaired) electrons. The first-order chi connectivity index (χ1) is 20.0. The third kappa shape index (κ3) is 6.74. The summed E-state index contributed by atoms with van der Waals surface area (Å²) in [6.45, 7) is 5.33. The number of phosphoric acid groups is 3. The molecule has 44 heavy (non-hydrogen) atoms. The average Bonchev–Trinajstić information content (AvgIpc) is 3.45. The predicted octanol–water partition coefficient (Wildman–Crippen LogP) is -0.724. The van der Waals surface area contributed by atoms with Crippen LogP contribution in [0.25, 0.3) is 11.2 Å². The largest absolute Gasteiger partial charge is 0.490 e. The summed E-state index contributed by atoms with van der Waals surface area (Å²) in [4.78, 5) is 73.1. The fourth-order valence-electron chi connectivity index (χ4n) is 5.12. The standard InChI is InChI=1S/C19H30N7O15P3/c1-18(2)5-10(19(3,4)26(18)30)25(8-27)12-9(6-38-43(34,35)41-44(36,37)40-42(31,32)33)39-16(13(12)28)24-7-21-11-14(24)22-17(20)23-15(11)29/h5,7-9,12-13,16,28,30H,6H2,1-4H3,(H,34,35)(H,36,37)(H2,31,32,33)(H3,20,22,23,29)/t9-,12-,13-,16-/m1/s1. The van der Waals surface area contributed by atoms with Gasteiger partial charge in [0.05, 0.1) is 30.1 Å². The molecule has 25 heteroatoms. The quantitative estimate of drug-likeness (QED) is 0.106. The second-order valence-corrected chi connectivity index (χ2v) is 15.2. The molecule has 0 bridgehead atoms. The highest BCUT2D eigenvalue weighted by atomic mass is 31.3. The van der Waals surface area contributed by atoms with E-state index in [4.69, 9.17) is 24.8 Å². The molecule has 2 aliphatic rings. The highest BCUT2D eigenvalue weighted by Gasteiger charge is 2.55. The van der Waals surface area contributed by atoms with Gasteiger partial charge in [0.1, 0.15) is 12.2 Å². The minimum absolute atomic E-state index is 0.150. The summed E-state index contributed by atoms with van der Waals surface area (Å²) in [5, 5.41) is 23.3. The summed E-state index contributed by atoms with van der Waals surface area (Å²) in [7, 11) is -17.2. The van der Waals surface area contributed by atoms with Gasteiger partial charge in [0, 0.05) is 5.70 Å². The van der Waals surface area contributed by atoms with Crippen LogP contribution in [0.3, 0.4) is 0 Å². The fourth-order valence-corrected chi connectivity index (χ4v) is 8.15. The van der Waals surface area contributed by atoms with Crippen molar-refractivity contribution in [2.24, 2.45) is 0 Å². The van der Waals surface area contributed by atoms with Gasteiger partial charge in [-0.1, -0.05) is 0 Å². The van der Waals surface area contributed by atoms with Crippen molar-refractivity contribution in [3.05, 3.63) is 28.5 Å². The van der Waals surface area contributed by atoms with E-state index < -0.39 is 71.2 Å². The van der Waals surface area contributed by atoms with Crippen molar-refractivity contribution >= 4 is 47.0 Å². The molecule has 4 heterocycles. The highest BCUT2D eigenvalue weighted by Crippen LogP contribution is 2.66. The lowest BCUT2D eigenvalue weighted by Gasteiger charge is -2.40. The van der Waals surface area contributed by atoms with Crippen molar-refractivity contribution < 1.29 is 66.3 Å². The smallest absolute Gasteiger partial charge is 0.386 e. The maximum Gasteiger partial charge on any atom is 0.490 e. The van der Waals surface area contributed by atoms with Gasteiger partial charge in [-0.15, -0.1) is 0 Å². The van der Waals surface area contributed by atoms with E-state index in [1.54, 1.807) is 27.7 Å². The van der Waals surface area contributed by atoms with Gasteiger partial charge >= 0.3 is 23.5 Å². The van der Waals surface area contributed by atoms with E-state index in [2.05, 4.69) is 23.6 Å². The summed E-state index contributed by atoms with van der Waals surface area (Å²) in [5.74, 6) is -0.310. The SMILES string of the molecule is CC1(C)C=C(N(C=O)[C@H]2[C@@H](O)[C@H](n3cnc4c(=O)[nH]c(N)nc43)O[C@@H]2COP(=O)(O)OP(=O)(O)OP(=O)(O)O)C(C)(C)N1O. The van der Waals surface area contributed by atoms with Crippen molar-refractivity contribution in [2.75, 3.05) is 12.3 Å². The maximum atomic E-state index is 12.6. The number of aliphatic hydroxyl groups excluding tert-OH is 1. The normalized spacial score (nSPS) is 28.0. The van der Waals surface area contributed by atoms with Gasteiger partial charge in [-0.3, -0.25) is 23.7 Å². The van der Waals surface area contributed by atoms with Crippen molar-refractivity contribution in [3.63, 3.8) is 0 Å². The lowest BCUT2D eigenvalue weighted by atomic mass is 9.97. The lowest BCUT2D eigenvalue weighted by Crippen LogP contribution is -2.54. The molecule has 9 N–H and O–H groups in total. The van der Waals surface area contributed by atoms with Crippen LogP contribution in [-0.4, -0.2) is 102 Å². The van der Waals surface area contributed by atoms with Crippen LogP contribution in [-0.2, 0) is 36.4 Å². The molecule has 22 nitrogen and oxygen atoms in total. The number of amides is 1. The molecule has 2 aromatic rings. The molecular weight excluding hydrogens is 659 g/mol. The van der Waals surface area contributed by atoms with Crippen LogP contribution in [0.4, 0.5) is 5.95 Å². The zero-order valence-electron chi connectivity index (χ0n) is 23.3. The molecule has 2 unspecified atom stereocenters. The van der Waals surface area contributed by atoms with Crippen molar-refractivity contribution in [1.29, 1.82) is 0 Å². The number of carbonyl (C=O) groups excluding carboxylic acids is 1. The molecule has 2 aliphatic heterocycles. The fraction of sp³-hybridized carbons (Fsp3) is 0.579. The van der Waals surface area contributed by atoms with Crippen molar-refractivity contribution in [1.82, 2.24) is 29.5 Å². The van der Waals surface area contributed by atoms with Gasteiger partial charge in [-0.25, -0.2) is 18.7 Å². The Morgan fingerprint density at radius 1 is 1.16 bits per heavy atom. The molecule has 0 aromatic carbocycles. The number of nitrogens with one attached hydrogen (secondary N) is 1. The zero-order chi connectivity index (χ0) is 33.2. The maximum absolute atomic E-state index is 12.6.